The Kier molecular flexibility index (Phi) is 4.87. The van der Waals surface area contributed by atoms with Crippen molar-refractivity contribution < 1.29 is 13.6 Å². The van der Waals surface area contributed by atoms with Crippen molar-refractivity contribution in [3.05, 3.63) is 76.4 Å². The van der Waals surface area contributed by atoms with Crippen molar-refractivity contribution in [3.63, 3.8) is 0 Å². The second-order valence-electron chi connectivity index (χ2n) is 7.19. The Morgan fingerprint density at radius 2 is 1.93 bits per heavy atom. The molecule has 28 heavy (non-hydrogen) atoms. The molecule has 4 rings (SSSR count). The summed E-state index contributed by atoms with van der Waals surface area (Å²) in [6.45, 7) is 1.42. The number of hydrogen-bond donors (Lipinski definition) is 2. The second kappa shape index (κ2) is 7.33. The minimum absolute atomic E-state index is 0.0965. The third kappa shape index (κ3) is 3.39. The van der Waals surface area contributed by atoms with Crippen LogP contribution in [-0.4, -0.2) is 42.0 Å². The van der Waals surface area contributed by atoms with E-state index in [-0.39, 0.29) is 18.5 Å². The van der Waals surface area contributed by atoms with Gasteiger partial charge in [0.05, 0.1) is 5.70 Å². The maximum Gasteiger partial charge on any atom is 0.254 e. The van der Waals surface area contributed by atoms with Crippen LogP contribution in [0.25, 0.3) is 5.70 Å². The first-order valence-electron chi connectivity index (χ1n) is 9.23. The molecule has 0 aromatic heterocycles. The number of rotatable bonds is 5. The van der Waals surface area contributed by atoms with Crippen molar-refractivity contribution in [2.24, 2.45) is 5.73 Å². The number of nitrogens with zero attached hydrogens (tertiary/aromatic N) is 2. The zero-order chi connectivity index (χ0) is 19.8. The molecule has 5 nitrogen and oxygen atoms in total. The normalized spacial score (nSPS) is 17.1. The summed E-state index contributed by atoms with van der Waals surface area (Å²) in [6, 6.07) is 8.88. The fourth-order valence-electron chi connectivity index (χ4n) is 3.93. The molecule has 0 fully saturated rings. The van der Waals surface area contributed by atoms with Crippen molar-refractivity contribution in [2.75, 3.05) is 20.1 Å². The first kappa shape index (κ1) is 18.6. The van der Waals surface area contributed by atoms with Gasteiger partial charge >= 0.3 is 0 Å². The van der Waals surface area contributed by atoms with Crippen LogP contribution in [0.1, 0.15) is 27.0 Å². The van der Waals surface area contributed by atoms with Gasteiger partial charge in [-0.15, -0.1) is 0 Å². The topological polar surface area (TPSA) is 61.6 Å². The van der Waals surface area contributed by atoms with Crippen molar-refractivity contribution in [2.45, 2.75) is 19.0 Å². The number of nitrogens with one attached hydrogen (secondary N) is 1. The first-order chi connectivity index (χ1) is 13.5. The van der Waals surface area contributed by atoms with E-state index < -0.39 is 11.6 Å². The van der Waals surface area contributed by atoms with E-state index in [1.807, 2.05) is 30.3 Å². The molecule has 2 aliphatic heterocycles. The third-order valence-corrected chi connectivity index (χ3v) is 5.32. The largest absolute Gasteiger partial charge is 0.330 e. The highest BCUT2D eigenvalue weighted by Gasteiger charge is 2.32. The molecular formula is C21H22F2N4O. The van der Waals surface area contributed by atoms with Crippen molar-refractivity contribution in [1.29, 1.82) is 0 Å². The number of fused-ring (bicyclic) bond motifs is 1. The first-order valence-corrected chi connectivity index (χ1v) is 9.23. The predicted molar refractivity (Wildman–Crippen MR) is 103 cm³/mol. The Hall–Kier alpha value is -2.77. The maximum absolute atomic E-state index is 13.5. The van der Waals surface area contributed by atoms with Gasteiger partial charge in [-0.2, -0.15) is 0 Å². The number of hydrazine groups is 1. The molecule has 0 saturated carbocycles. The van der Waals surface area contributed by atoms with Gasteiger partial charge in [-0.25, -0.2) is 14.2 Å². The van der Waals surface area contributed by atoms with Crippen LogP contribution in [-0.2, 0) is 13.0 Å². The molecule has 0 bridgehead atoms. The summed E-state index contributed by atoms with van der Waals surface area (Å²) < 4.78 is 27.0. The molecule has 0 aliphatic carbocycles. The summed E-state index contributed by atoms with van der Waals surface area (Å²) in [5.41, 5.74) is 13.3. The zero-order valence-corrected chi connectivity index (χ0v) is 15.6. The molecule has 0 spiro atoms. The smallest absolute Gasteiger partial charge is 0.254 e. The molecular weight excluding hydrogens is 362 g/mol. The van der Waals surface area contributed by atoms with Crippen LogP contribution < -0.4 is 11.2 Å². The highest BCUT2D eigenvalue weighted by atomic mass is 19.1. The van der Waals surface area contributed by atoms with E-state index in [1.54, 1.807) is 4.90 Å². The molecule has 1 amide bonds. The summed E-state index contributed by atoms with van der Waals surface area (Å²) in [6.07, 6.45) is 2.40. The minimum Gasteiger partial charge on any atom is -0.330 e. The van der Waals surface area contributed by atoms with Gasteiger partial charge in [0.2, 0.25) is 0 Å². The lowest BCUT2D eigenvalue weighted by Gasteiger charge is -2.26. The molecule has 0 saturated heterocycles. The van der Waals surface area contributed by atoms with Gasteiger partial charge in [0.15, 0.2) is 0 Å². The van der Waals surface area contributed by atoms with Gasteiger partial charge in [0.1, 0.15) is 11.6 Å². The van der Waals surface area contributed by atoms with E-state index in [2.05, 4.69) is 11.5 Å². The summed E-state index contributed by atoms with van der Waals surface area (Å²) in [5, 5.41) is 1.96. The zero-order valence-electron chi connectivity index (χ0n) is 15.6. The predicted octanol–water partition coefficient (Wildman–Crippen LogP) is 2.28. The summed E-state index contributed by atoms with van der Waals surface area (Å²) >= 11 is 0. The van der Waals surface area contributed by atoms with Gasteiger partial charge in [-0.05, 0) is 53.5 Å². The van der Waals surface area contributed by atoms with Crippen LogP contribution >= 0.6 is 0 Å². The summed E-state index contributed by atoms with van der Waals surface area (Å²) in [5.74, 6) is -1.36. The van der Waals surface area contributed by atoms with Crippen molar-refractivity contribution in [1.82, 2.24) is 15.3 Å². The number of amides is 1. The van der Waals surface area contributed by atoms with Gasteiger partial charge in [0, 0.05) is 44.4 Å². The molecule has 2 aliphatic rings. The van der Waals surface area contributed by atoms with Crippen molar-refractivity contribution >= 4 is 11.6 Å². The van der Waals surface area contributed by atoms with Crippen LogP contribution in [0.15, 0.2) is 42.5 Å². The quantitative estimate of drug-likeness (QED) is 0.830. The summed E-state index contributed by atoms with van der Waals surface area (Å²) in [4.78, 5) is 14.6. The second-order valence-corrected chi connectivity index (χ2v) is 7.19. The Labute approximate surface area is 162 Å². The number of benzene rings is 2. The standard InChI is InChI=1S/C21H22F2N4O/c1-26-20(4-5-25-26)14-2-3-19-15(9-14)12-27(21(19)28)18(11-24)8-13-6-16(22)10-17(23)7-13/h2-4,6-7,9-10,18,25H,5,8,11-12,24H2,1H3/t18-/m0/s1. The Balaban J connectivity index is 1.57. The molecule has 0 radical (unpaired) electrons. The van der Waals surface area contributed by atoms with E-state index in [1.165, 1.54) is 12.1 Å². The molecule has 1 atom stereocenters. The van der Waals surface area contributed by atoms with Gasteiger partial charge in [0.25, 0.3) is 5.91 Å². The number of nitrogens with two attached hydrogens (primary N) is 1. The Morgan fingerprint density at radius 3 is 2.57 bits per heavy atom. The van der Waals surface area contributed by atoms with Crippen LogP contribution in [0.5, 0.6) is 0 Å². The molecule has 7 heteroatoms. The van der Waals surface area contributed by atoms with Crippen molar-refractivity contribution in [3.8, 4) is 0 Å². The lowest BCUT2D eigenvalue weighted by Crippen LogP contribution is -2.42. The SMILES string of the molecule is CN1NCC=C1c1ccc2c(c1)CN([C@H](CN)Cc1cc(F)cc(F)c1)C2=O. The van der Waals surface area contributed by atoms with E-state index in [9.17, 15) is 13.6 Å². The minimum atomic E-state index is -0.631. The highest BCUT2D eigenvalue weighted by Crippen LogP contribution is 2.30. The van der Waals surface area contributed by atoms with E-state index in [0.717, 1.165) is 29.4 Å². The monoisotopic (exact) mass is 384 g/mol. The lowest BCUT2D eigenvalue weighted by molar-refractivity contribution is 0.0708. The average Bonchev–Trinajstić information content (AvgIpc) is 3.22. The van der Waals surface area contributed by atoms with Crippen LogP contribution in [0.3, 0.4) is 0 Å². The molecule has 0 unspecified atom stereocenters. The molecule has 2 aromatic rings. The Morgan fingerprint density at radius 1 is 1.18 bits per heavy atom. The third-order valence-electron chi connectivity index (χ3n) is 5.32. The molecule has 3 N–H and O–H groups in total. The highest BCUT2D eigenvalue weighted by molar-refractivity contribution is 5.99. The number of carbonyl (C=O) groups excluding carboxylic acids is 1. The van der Waals surface area contributed by atoms with Crippen LogP contribution in [0, 0.1) is 11.6 Å². The lowest BCUT2D eigenvalue weighted by atomic mass is 10.0. The fourth-order valence-corrected chi connectivity index (χ4v) is 3.93. The van der Waals surface area contributed by atoms with E-state index in [0.29, 0.717) is 24.1 Å². The number of hydrogen-bond acceptors (Lipinski definition) is 4. The van der Waals surface area contributed by atoms with Gasteiger partial charge in [-0.3, -0.25) is 4.79 Å². The fraction of sp³-hybridized carbons (Fsp3) is 0.286. The van der Waals surface area contributed by atoms with Crippen LogP contribution in [0.2, 0.25) is 0 Å². The van der Waals surface area contributed by atoms with Gasteiger partial charge < -0.3 is 15.6 Å². The Bertz CT molecular complexity index is 939. The average molecular weight is 384 g/mol. The van der Waals surface area contributed by atoms with E-state index in [4.69, 9.17) is 5.73 Å². The maximum atomic E-state index is 13.5. The molecule has 2 heterocycles. The summed E-state index contributed by atoms with van der Waals surface area (Å²) in [7, 11) is 1.95. The van der Waals surface area contributed by atoms with Crippen LogP contribution in [0.4, 0.5) is 8.78 Å². The van der Waals surface area contributed by atoms with E-state index >= 15 is 0 Å². The number of carbonyl (C=O) groups is 1. The molecule has 146 valence electrons. The molecule has 2 aromatic carbocycles. The number of halogens is 2. The van der Waals surface area contributed by atoms with Gasteiger partial charge in [-0.1, -0.05) is 6.07 Å².